The van der Waals surface area contributed by atoms with Gasteiger partial charge in [-0.05, 0) is 25.5 Å². The summed E-state index contributed by atoms with van der Waals surface area (Å²) in [4.78, 5) is 11.3. The van der Waals surface area contributed by atoms with Crippen LogP contribution < -0.4 is 14.8 Å². The van der Waals surface area contributed by atoms with Gasteiger partial charge in [0, 0.05) is 50.0 Å². The quantitative estimate of drug-likeness (QED) is 0.571. The molecule has 30 heavy (non-hydrogen) atoms. The van der Waals surface area contributed by atoms with Crippen molar-refractivity contribution in [2.24, 2.45) is 7.05 Å². The van der Waals surface area contributed by atoms with E-state index in [4.69, 9.17) is 14.2 Å². The molecular weight excluding hydrogens is 382 g/mol. The third-order valence-corrected chi connectivity index (χ3v) is 5.42. The first-order valence-corrected chi connectivity index (χ1v) is 10.3. The summed E-state index contributed by atoms with van der Waals surface area (Å²) in [6.07, 6.45) is 4.55. The van der Waals surface area contributed by atoms with Gasteiger partial charge in [0.25, 0.3) is 0 Å². The minimum Gasteiger partial charge on any atom is -0.493 e. The average Bonchev–Trinajstić information content (AvgIpc) is 3.08. The molecule has 3 aromatic rings. The van der Waals surface area contributed by atoms with Crippen molar-refractivity contribution in [2.75, 3.05) is 51.9 Å². The summed E-state index contributed by atoms with van der Waals surface area (Å²) in [6, 6.07) is 5.94. The molecule has 160 valence electrons. The van der Waals surface area contributed by atoms with Gasteiger partial charge in [0.05, 0.1) is 38.1 Å². The molecule has 0 saturated carbocycles. The number of hydrogen-bond acceptors (Lipinski definition) is 7. The van der Waals surface area contributed by atoms with E-state index in [-0.39, 0.29) is 0 Å². The van der Waals surface area contributed by atoms with Gasteiger partial charge in [0.2, 0.25) is 0 Å². The van der Waals surface area contributed by atoms with E-state index in [1.165, 1.54) is 5.69 Å². The van der Waals surface area contributed by atoms with Gasteiger partial charge in [-0.2, -0.15) is 0 Å². The molecule has 0 spiro atoms. The van der Waals surface area contributed by atoms with Crippen LogP contribution in [-0.4, -0.2) is 66.0 Å². The smallest absolute Gasteiger partial charge is 0.163 e. The zero-order chi connectivity index (χ0) is 20.9. The monoisotopic (exact) mass is 411 g/mol. The molecule has 2 aromatic heterocycles. The van der Waals surface area contributed by atoms with E-state index in [1.807, 2.05) is 25.4 Å². The summed E-state index contributed by atoms with van der Waals surface area (Å²) < 4.78 is 19.1. The maximum absolute atomic E-state index is 6.04. The Kier molecular flexibility index (Phi) is 6.35. The Morgan fingerprint density at radius 3 is 2.70 bits per heavy atom. The van der Waals surface area contributed by atoms with Crippen LogP contribution in [0.1, 0.15) is 12.1 Å². The maximum atomic E-state index is 6.04. The van der Waals surface area contributed by atoms with Crippen LogP contribution in [0.15, 0.2) is 30.7 Å². The van der Waals surface area contributed by atoms with E-state index in [0.717, 1.165) is 61.7 Å². The summed E-state index contributed by atoms with van der Waals surface area (Å²) in [6.45, 7) is 7.31. The van der Waals surface area contributed by atoms with E-state index in [0.29, 0.717) is 18.1 Å². The predicted octanol–water partition coefficient (Wildman–Crippen LogP) is 3.13. The number of ether oxygens (including phenoxy) is 3. The van der Waals surface area contributed by atoms with Crippen LogP contribution in [0.2, 0.25) is 0 Å². The van der Waals surface area contributed by atoms with E-state index in [1.54, 1.807) is 13.4 Å². The molecule has 3 heterocycles. The second kappa shape index (κ2) is 9.32. The molecular formula is C22H29N5O3. The summed E-state index contributed by atoms with van der Waals surface area (Å²) in [5, 5.41) is 4.27. The molecule has 1 aliphatic heterocycles. The maximum Gasteiger partial charge on any atom is 0.163 e. The highest BCUT2D eigenvalue weighted by molar-refractivity contribution is 5.93. The van der Waals surface area contributed by atoms with Crippen LogP contribution in [0, 0.1) is 6.92 Å². The molecule has 1 N–H and O–H groups in total. The fourth-order valence-corrected chi connectivity index (χ4v) is 3.61. The highest BCUT2D eigenvalue weighted by Gasteiger charge is 2.13. The fraction of sp³-hybridized carbons (Fsp3) is 0.455. The van der Waals surface area contributed by atoms with Crippen molar-refractivity contribution >= 4 is 22.4 Å². The molecule has 8 nitrogen and oxygen atoms in total. The lowest BCUT2D eigenvalue weighted by atomic mass is 10.2. The number of fused-ring (bicyclic) bond motifs is 1. The molecule has 0 radical (unpaired) electrons. The summed E-state index contributed by atoms with van der Waals surface area (Å²) >= 11 is 0. The van der Waals surface area contributed by atoms with Crippen molar-refractivity contribution < 1.29 is 14.2 Å². The standard InChI is InChI=1S/C22H29N5O3/c1-16-11-17(14-26(16)2)25-22-18-12-20(28-3)21(13-19(18)23-15-24-22)30-8-4-5-27-6-9-29-10-7-27/h11-15H,4-10H2,1-3H3,(H,23,24,25). The van der Waals surface area contributed by atoms with Gasteiger partial charge in [-0.15, -0.1) is 0 Å². The van der Waals surface area contributed by atoms with Crippen molar-refractivity contribution in [3.63, 3.8) is 0 Å². The minimum absolute atomic E-state index is 0.624. The van der Waals surface area contributed by atoms with Crippen molar-refractivity contribution in [3.05, 3.63) is 36.4 Å². The van der Waals surface area contributed by atoms with Crippen molar-refractivity contribution in [1.29, 1.82) is 0 Å². The van der Waals surface area contributed by atoms with Crippen LogP contribution in [0.4, 0.5) is 11.5 Å². The first-order valence-electron chi connectivity index (χ1n) is 10.3. The number of morpholine rings is 1. The lowest BCUT2D eigenvalue weighted by Crippen LogP contribution is -2.37. The molecule has 0 amide bonds. The lowest BCUT2D eigenvalue weighted by Gasteiger charge is -2.26. The van der Waals surface area contributed by atoms with Crippen LogP contribution in [0.3, 0.4) is 0 Å². The number of nitrogens with one attached hydrogen (secondary N) is 1. The van der Waals surface area contributed by atoms with Gasteiger partial charge >= 0.3 is 0 Å². The second-order valence-corrected chi connectivity index (χ2v) is 7.50. The fourth-order valence-electron chi connectivity index (χ4n) is 3.61. The predicted molar refractivity (Wildman–Crippen MR) is 117 cm³/mol. The highest BCUT2D eigenvalue weighted by atomic mass is 16.5. The van der Waals surface area contributed by atoms with Crippen molar-refractivity contribution in [2.45, 2.75) is 13.3 Å². The SMILES string of the molecule is COc1cc2c(Nc3cc(C)n(C)c3)ncnc2cc1OCCCN1CCOCC1. The topological polar surface area (TPSA) is 73.7 Å². The minimum atomic E-state index is 0.624. The molecule has 0 bridgehead atoms. The molecule has 1 fully saturated rings. The third-order valence-electron chi connectivity index (χ3n) is 5.42. The molecule has 8 heteroatoms. The number of aryl methyl sites for hydroxylation is 2. The zero-order valence-electron chi connectivity index (χ0n) is 17.9. The Bertz CT molecular complexity index is 978. The molecule has 1 aromatic carbocycles. The van der Waals surface area contributed by atoms with Gasteiger partial charge in [0.15, 0.2) is 11.5 Å². The van der Waals surface area contributed by atoms with Gasteiger partial charge in [0.1, 0.15) is 12.1 Å². The largest absolute Gasteiger partial charge is 0.493 e. The van der Waals surface area contributed by atoms with Crippen LogP contribution >= 0.6 is 0 Å². The number of hydrogen-bond donors (Lipinski definition) is 1. The molecule has 1 aliphatic rings. The number of anilines is 2. The van der Waals surface area contributed by atoms with E-state index in [9.17, 15) is 0 Å². The summed E-state index contributed by atoms with van der Waals surface area (Å²) in [5.74, 6) is 2.12. The molecule has 0 atom stereocenters. The number of rotatable bonds is 8. The first kappa shape index (κ1) is 20.4. The zero-order valence-corrected chi connectivity index (χ0v) is 17.9. The lowest BCUT2D eigenvalue weighted by molar-refractivity contribution is 0.0357. The summed E-state index contributed by atoms with van der Waals surface area (Å²) in [5.41, 5.74) is 2.96. The second-order valence-electron chi connectivity index (χ2n) is 7.50. The average molecular weight is 412 g/mol. The van der Waals surface area contributed by atoms with Crippen LogP contribution in [-0.2, 0) is 11.8 Å². The van der Waals surface area contributed by atoms with Crippen LogP contribution in [0.5, 0.6) is 11.5 Å². The molecule has 1 saturated heterocycles. The molecule has 4 rings (SSSR count). The Morgan fingerprint density at radius 2 is 1.97 bits per heavy atom. The van der Waals surface area contributed by atoms with Crippen molar-refractivity contribution in [3.8, 4) is 11.5 Å². The van der Waals surface area contributed by atoms with E-state index < -0.39 is 0 Å². The normalized spacial score (nSPS) is 14.8. The number of benzene rings is 1. The molecule has 0 aliphatic carbocycles. The third kappa shape index (κ3) is 4.66. The Morgan fingerprint density at radius 1 is 1.13 bits per heavy atom. The van der Waals surface area contributed by atoms with Crippen molar-refractivity contribution in [1.82, 2.24) is 19.4 Å². The van der Waals surface area contributed by atoms with Gasteiger partial charge in [-0.3, -0.25) is 4.90 Å². The van der Waals surface area contributed by atoms with E-state index in [2.05, 4.69) is 37.7 Å². The Balaban J connectivity index is 1.47. The van der Waals surface area contributed by atoms with Crippen LogP contribution in [0.25, 0.3) is 10.9 Å². The Hall–Kier alpha value is -2.84. The molecule has 0 unspecified atom stereocenters. The van der Waals surface area contributed by atoms with Gasteiger partial charge < -0.3 is 24.1 Å². The van der Waals surface area contributed by atoms with E-state index >= 15 is 0 Å². The van der Waals surface area contributed by atoms with Gasteiger partial charge in [-0.1, -0.05) is 0 Å². The first-order chi connectivity index (χ1) is 14.6. The van der Waals surface area contributed by atoms with Gasteiger partial charge in [-0.25, -0.2) is 9.97 Å². The number of methoxy groups -OCH3 is 1. The Labute approximate surface area is 176 Å². The summed E-state index contributed by atoms with van der Waals surface area (Å²) in [7, 11) is 3.67. The highest BCUT2D eigenvalue weighted by Crippen LogP contribution is 2.35. The number of nitrogens with zero attached hydrogens (tertiary/aromatic N) is 4. The number of aromatic nitrogens is 3.